The number of carbonyl (C=O) groups is 10. The van der Waals surface area contributed by atoms with E-state index >= 15 is 0 Å². The van der Waals surface area contributed by atoms with Gasteiger partial charge in [-0.3, -0.25) is 19.2 Å². The number of benzene rings is 6. The Hall–Kier alpha value is -9.81. The number of ketones is 1. The number of carboxylic acid groups (broad SMARTS) is 1. The first kappa shape index (κ1) is 88.8. The summed E-state index contributed by atoms with van der Waals surface area (Å²) in [5.41, 5.74) is 5.19. The molecule has 3 fully saturated rings. The third kappa shape index (κ3) is 20.6. The van der Waals surface area contributed by atoms with Crippen LogP contribution >= 0.6 is 6.89 Å². The monoisotopic (exact) mass is 1600 g/mol. The number of rotatable bonds is 29. The molecular weight excluding hydrogens is 1500 g/mol. The minimum atomic E-state index is -3.17. The van der Waals surface area contributed by atoms with Gasteiger partial charge in [0.2, 0.25) is 17.7 Å². The van der Waals surface area contributed by atoms with Gasteiger partial charge in [-0.2, -0.15) is 0 Å². The second kappa shape index (κ2) is 39.3. The SMILES string of the molecule is C=CCOC(=O)C(N1C(=O)[C@H]([C@@H](C)O[Si](C)(C)C)[C@H]1CC(=O)c1ccc(NC(=O)NCC)cc1)=P(c1ccccc1)(c1ccccc1)c1ccccc1.C=CCOC(=O)C1=C(c2ccc(NC(=O)NCC)cc2)C[C@@H]2[C@@H]([C@@H](C)O[Si](C)(C)C)C(=O)N12.CCNC(=O)Nc1ccc(C2=C(C(=O)[O-])N3C(=O)[C@H]([C@@H](C)O)[C@H]3C2)cc1.[Na+]. The minimum Gasteiger partial charge on any atom is -0.543 e. The molecular formula is C84H101N9NaO16PSi2. The van der Waals surface area contributed by atoms with Crippen LogP contribution in [-0.2, 0) is 47.1 Å². The second-order valence-corrected chi connectivity index (χ2v) is 41.7. The van der Waals surface area contributed by atoms with Gasteiger partial charge in [-0.15, -0.1) is 0 Å². The summed E-state index contributed by atoms with van der Waals surface area (Å²) in [6, 6.07) is 47.7. The molecule has 0 radical (unpaired) electrons. The van der Waals surface area contributed by atoms with Crippen molar-refractivity contribution in [3.05, 3.63) is 217 Å². The molecule has 0 aromatic heterocycles. The van der Waals surface area contributed by atoms with E-state index in [-0.39, 0.29) is 126 Å². The molecule has 29 heteroatoms. The third-order valence-electron chi connectivity index (χ3n) is 19.4. The van der Waals surface area contributed by atoms with Crippen molar-refractivity contribution < 1.29 is 106 Å². The number of carboxylic acids is 1. The van der Waals surface area contributed by atoms with Crippen LogP contribution in [0.2, 0.25) is 39.3 Å². The van der Waals surface area contributed by atoms with Crippen LogP contribution in [0.15, 0.2) is 200 Å². The topological polar surface area (TPSA) is 333 Å². The fraction of sp³-hybridized carbons (Fsp3) is 0.345. The average Bonchev–Trinajstić information content (AvgIpc) is 1.59. The fourth-order valence-corrected chi connectivity index (χ4v) is 21.9. The maximum absolute atomic E-state index is 14.9. The van der Waals surface area contributed by atoms with Crippen molar-refractivity contribution in [3.63, 3.8) is 0 Å². The number of amides is 9. The van der Waals surface area contributed by atoms with Crippen LogP contribution in [-0.4, -0.2) is 171 Å². The summed E-state index contributed by atoms with van der Waals surface area (Å²) in [4.78, 5) is 133. The van der Waals surface area contributed by atoms with Crippen LogP contribution in [0.25, 0.3) is 11.1 Å². The molecule has 0 saturated carbocycles. The summed E-state index contributed by atoms with van der Waals surface area (Å²) in [6.07, 6.45) is 2.22. The quantitative estimate of drug-likeness (QED) is 0.00623. The summed E-state index contributed by atoms with van der Waals surface area (Å²) >= 11 is 0. The number of nitrogens with one attached hydrogen (secondary N) is 6. The number of carbonyl (C=O) groups excluding carboxylic acids is 10. The maximum Gasteiger partial charge on any atom is 1.00 e. The van der Waals surface area contributed by atoms with E-state index < -0.39 is 77.4 Å². The van der Waals surface area contributed by atoms with Crippen LogP contribution < -0.4 is 82.5 Å². The zero-order valence-corrected chi connectivity index (χ0v) is 71.3. The zero-order chi connectivity index (χ0) is 81.5. The number of ether oxygens (including phenoxy) is 2. The zero-order valence-electron chi connectivity index (χ0n) is 66.4. The van der Waals surface area contributed by atoms with Crippen LogP contribution in [0.5, 0.6) is 0 Å². The molecule has 25 nitrogen and oxygen atoms in total. The van der Waals surface area contributed by atoms with Crippen molar-refractivity contribution in [3.8, 4) is 0 Å². The standard InChI is InChI=1S/C42H48N3O6PSi.C24H33N3O5Si.C18H21N3O5.Na/c1-7-28-50-41(48)40(52(33-18-12-9-13-19-33,34-20-14-10-15-21-34)35-22-16-11-17-23-35)45-36(38(39(45)47)30(3)51-53(4,5)6)29-37(46)31-24-26-32(27-25-31)44-42(49)43-8-2;1-7-13-31-23(29)21-18(16-9-11-17(12-10-16)26-24(30)25-8-2)14-19-20(22(28)27(19)21)15(3)32-33(4,5)6;1-3-19-18(26)20-11-6-4-10(5-7-11)12-8-13-14(9(2)22)16(23)21(13)15(12)17(24)25;/h7,9-27,30,36,38H,1,8,28-29H2,2-6H3,(H2,43,44,49);7,9-12,15,19-20H,1,8,13-14H2,2-6H3,(H2,25,26,30);4-7,9,13-14,22H,3,8H2,1-2H3,(H,24,25)(H2,19,20,26);/q;;;+1/p-1/t30-,36-,38-;15-,19-,20-;9-,13-,14-;/m111./s1. The number of hydrogen-bond acceptors (Lipinski definition) is 16. The molecule has 0 aliphatic carbocycles. The van der Waals surface area contributed by atoms with E-state index in [2.05, 4.69) is 84.3 Å². The number of urea groups is 3. The predicted molar refractivity (Wildman–Crippen MR) is 439 cm³/mol. The molecule has 7 N–H and O–H groups in total. The first-order valence-corrected chi connectivity index (χ1v) is 46.1. The van der Waals surface area contributed by atoms with Gasteiger partial charge in [-0.25, -0.2) is 24.0 Å². The van der Waals surface area contributed by atoms with Gasteiger partial charge in [0.05, 0.1) is 65.9 Å². The average molecular weight is 1600 g/mol. The van der Waals surface area contributed by atoms with Crippen molar-refractivity contribution in [1.29, 1.82) is 0 Å². The number of β-lactam (4-membered cyclic amide) rings is 3. The number of hydrogen-bond donors (Lipinski definition) is 7. The Morgan fingerprint density at radius 1 is 0.531 bits per heavy atom. The minimum absolute atomic E-state index is 0. The summed E-state index contributed by atoms with van der Waals surface area (Å²) in [7, 11) is -3.96. The molecule has 5 aliphatic rings. The van der Waals surface area contributed by atoms with E-state index in [0.29, 0.717) is 66.2 Å². The Balaban J connectivity index is 0.000000228. The fourth-order valence-electron chi connectivity index (χ4n) is 15.0. The number of nitrogens with zero attached hydrogens (tertiary/aromatic N) is 3. The Kier molecular flexibility index (Phi) is 30.9. The van der Waals surface area contributed by atoms with Gasteiger partial charge in [0, 0.05) is 55.6 Å². The van der Waals surface area contributed by atoms with Crippen LogP contribution in [0.4, 0.5) is 31.4 Å². The van der Waals surface area contributed by atoms with Crippen LogP contribution in [0.3, 0.4) is 0 Å². The Morgan fingerprint density at radius 3 is 1.29 bits per heavy atom. The number of aliphatic hydroxyl groups excluding tert-OH is 1. The number of Topliss-reactive ketones (excluding diaryl/α,β-unsaturated/α-hetero) is 1. The molecule has 5 heterocycles. The maximum atomic E-state index is 14.9. The van der Waals surface area contributed by atoms with E-state index in [1.807, 2.05) is 138 Å². The molecule has 5 aliphatic heterocycles. The van der Waals surface area contributed by atoms with Gasteiger partial charge in [0.15, 0.2) is 22.4 Å². The Labute approximate surface area is 684 Å². The van der Waals surface area contributed by atoms with E-state index in [1.54, 1.807) is 70.5 Å². The number of likely N-dealkylation sites (tertiary alicyclic amines) is 1. The van der Waals surface area contributed by atoms with Crippen molar-refractivity contribution >= 4 is 133 Å². The number of esters is 2. The van der Waals surface area contributed by atoms with Gasteiger partial charge in [-0.05, 0) is 180 Å². The number of fused-ring (bicyclic) bond motifs is 2. The van der Waals surface area contributed by atoms with Gasteiger partial charge in [0.1, 0.15) is 24.3 Å². The predicted octanol–water partition coefficient (Wildman–Crippen LogP) is 6.96. The molecule has 113 heavy (non-hydrogen) atoms. The molecule has 0 unspecified atom stereocenters. The molecule has 6 aromatic rings. The number of aliphatic hydroxyl groups is 1. The molecule has 11 rings (SSSR count). The summed E-state index contributed by atoms with van der Waals surface area (Å²) in [6.45, 7) is 29.0. The first-order chi connectivity index (χ1) is 53.3. The van der Waals surface area contributed by atoms with E-state index in [1.165, 1.54) is 24.0 Å². The first-order valence-electron chi connectivity index (χ1n) is 37.5. The Bertz CT molecular complexity index is 4510. The van der Waals surface area contributed by atoms with E-state index in [0.717, 1.165) is 27.1 Å². The van der Waals surface area contributed by atoms with Crippen molar-refractivity contribution in [2.75, 3.05) is 48.8 Å². The largest absolute Gasteiger partial charge is 1.00 e. The van der Waals surface area contributed by atoms with E-state index in [9.17, 15) is 58.2 Å². The van der Waals surface area contributed by atoms with Crippen molar-refractivity contribution in [2.24, 2.45) is 17.8 Å². The van der Waals surface area contributed by atoms with Crippen molar-refractivity contribution in [2.45, 2.75) is 137 Å². The molecule has 0 bridgehead atoms. The van der Waals surface area contributed by atoms with Crippen molar-refractivity contribution in [1.82, 2.24) is 30.7 Å². The summed E-state index contributed by atoms with van der Waals surface area (Å²) < 4.78 is 23.9. The van der Waals surface area contributed by atoms with Crippen LogP contribution in [0, 0.1) is 17.8 Å². The summed E-state index contributed by atoms with van der Waals surface area (Å²) in [5.74, 6) is -5.22. The number of aliphatic carboxylic acids is 1. The second-order valence-electron chi connectivity index (χ2n) is 29.5. The van der Waals surface area contributed by atoms with Gasteiger partial charge in [-0.1, -0.05) is 141 Å². The molecule has 592 valence electrons. The van der Waals surface area contributed by atoms with Crippen LogP contribution in [0.1, 0.15) is 82.3 Å². The molecule has 9 atom stereocenters. The summed E-state index contributed by atoms with van der Waals surface area (Å²) in [5, 5.41) is 40.1. The molecule has 9 amide bonds. The molecule has 3 saturated heterocycles. The molecule has 6 aromatic carbocycles. The Morgan fingerprint density at radius 2 is 0.903 bits per heavy atom. The van der Waals surface area contributed by atoms with Gasteiger partial charge >= 0.3 is 59.6 Å². The molecule has 0 spiro atoms. The number of anilines is 3. The normalized spacial score (nSPS) is 18.8. The third-order valence-corrected chi connectivity index (χ3v) is 25.8. The van der Waals surface area contributed by atoms with E-state index in [4.69, 9.17) is 18.3 Å². The van der Waals surface area contributed by atoms with Gasteiger partial charge in [0.25, 0.3) is 0 Å². The smallest absolute Gasteiger partial charge is 0.543 e. The van der Waals surface area contributed by atoms with Gasteiger partial charge < -0.3 is 79.9 Å².